The summed E-state index contributed by atoms with van der Waals surface area (Å²) in [5, 5.41) is 86.9. The molecule has 0 saturated carbocycles. The first-order chi connectivity index (χ1) is 39.1. The van der Waals surface area contributed by atoms with Crippen molar-refractivity contribution in [3.05, 3.63) is 158 Å². The lowest BCUT2D eigenvalue weighted by atomic mass is 9.97. The summed E-state index contributed by atoms with van der Waals surface area (Å²) in [4.78, 5) is 13.2. The van der Waals surface area contributed by atoms with Gasteiger partial charge < -0.3 is 65.1 Å². The summed E-state index contributed by atoms with van der Waals surface area (Å²) in [7, 11) is 0. The highest BCUT2D eigenvalue weighted by molar-refractivity contribution is 5.76. The number of carbonyl (C=O) groups is 1. The van der Waals surface area contributed by atoms with E-state index in [1.165, 1.54) is 19.3 Å². The molecule has 14 nitrogen and oxygen atoms in total. The van der Waals surface area contributed by atoms with Crippen LogP contribution in [0.2, 0.25) is 0 Å². The van der Waals surface area contributed by atoms with Gasteiger partial charge in [-0.15, -0.1) is 0 Å². The van der Waals surface area contributed by atoms with Crippen molar-refractivity contribution in [2.75, 3.05) is 19.8 Å². The third-order valence-corrected chi connectivity index (χ3v) is 13.2. The van der Waals surface area contributed by atoms with E-state index in [4.69, 9.17) is 18.9 Å². The molecule has 14 heteroatoms. The predicted molar refractivity (Wildman–Crippen MR) is 322 cm³/mol. The van der Waals surface area contributed by atoms with Crippen LogP contribution in [0.5, 0.6) is 0 Å². The Morgan fingerprint density at radius 1 is 0.463 bits per heavy atom. The Bertz CT molecular complexity index is 1940. The van der Waals surface area contributed by atoms with E-state index >= 15 is 0 Å². The number of ether oxygens (including phenoxy) is 4. The minimum absolute atomic E-state index is 0.203. The molecule has 80 heavy (non-hydrogen) atoms. The largest absolute Gasteiger partial charge is 0.394 e. The van der Waals surface area contributed by atoms with E-state index in [9.17, 15) is 45.6 Å². The van der Waals surface area contributed by atoms with Gasteiger partial charge in [-0.3, -0.25) is 4.79 Å². The second kappa shape index (κ2) is 49.2. The molecule has 450 valence electrons. The molecule has 0 aliphatic carbocycles. The molecular formula is C66H103NO13. The first-order valence-electron chi connectivity index (χ1n) is 29.7. The van der Waals surface area contributed by atoms with Crippen LogP contribution in [0.3, 0.4) is 0 Å². The van der Waals surface area contributed by atoms with Gasteiger partial charge in [0.2, 0.25) is 5.91 Å². The third-order valence-electron chi connectivity index (χ3n) is 13.2. The van der Waals surface area contributed by atoms with Crippen molar-refractivity contribution in [3.63, 3.8) is 0 Å². The number of allylic oxidation sites excluding steroid dienone is 25. The molecule has 1 amide bonds. The molecular weight excluding hydrogens is 1010 g/mol. The summed E-state index contributed by atoms with van der Waals surface area (Å²) in [6.07, 6.45) is 58.6. The molecule has 0 aromatic heterocycles. The lowest BCUT2D eigenvalue weighted by Gasteiger charge is -2.46. The predicted octanol–water partition coefficient (Wildman–Crippen LogP) is 10.3. The molecule has 2 aliphatic rings. The van der Waals surface area contributed by atoms with Crippen molar-refractivity contribution < 1.29 is 64.6 Å². The van der Waals surface area contributed by atoms with Gasteiger partial charge in [-0.2, -0.15) is 0 Å². The lowest BCUT2D eigenvalue weighted by Crippen LogP contribution is -2.65. The number of aliphatic hydroxyl groups is 8. The van der Waals surface area contributed by atoms with Crippen LogP contribution in [0.15, 0.2) is 158 Å². The maximum Gasteiger partial charge on any atom is 0.220 e. The topological polar surface area (TPSA) is 228 Å². The van der Waals surface area contributed by atoms with E-state index in [0.29, 0.717) is 12.8 Å². The van der Waals surface area contributed by atoms with Crippen molar-refractivity contribution in [2.24, 2.45) is 0 Å². The van der Waals surface area contributed by atoms with E-state index in [2.05, 4.69) is 165 Å². The molecule has 0 bridgehead atoms. The minimum Gasteiger partial charge on any atom is -0.394 e. The summed E-state index contributed by atoms with van der Waals surface area (Å²) < 4.78 is 22.7. The van der Waals surface area contributed by atoms with Crippen LogP contribution in [0.1, 0.15) is 155 Å². The molecule has 2 rings (SSSR count). The van der Waals surface area contributed by atoms with Crippen LogP contribution in [-0.2, 0) is 23.7 Å². The molecule has 2 aliphatic heterocycles. The number of rotatable bonds is 44. The fraction of sp³-hybridized carbons (Fsp3) is 0.591. The number of aliphatic hydroxyl groups excluding tert-OH is 8. The molecule has 2 fully saturated rings. The van der Waals surface area contributed by atoms with Gasteiger partial charge in [-0.25, -0.2) is 0 Å². The molecule has 0 aromatic carbocycles. The summed E-state index contributed by atoms with van der Waals surface area (Å²) in [5.74, 6) is -0.305. The average Bonchev–Trinajstić information content (AvgIpc) is 3.49. The molecule has 0 aromatic rings. The highest BCUT2D eigenvalue weighted by Crippen LogP contribution is 2.30. The summed E-state index contributed by atoms with van der Waals surface area (Å²) >= 11 is 0. The first kappa shape index (κ1) is 71.7. The summed E-state index contributed by atoms with van der Waals surface area (Å²) in [6, 6.07) is -0.973. The van der Waals surface area contributed by atoms with E-state index < -0.39 is 86.8 Å². The summed E-state index contributed by atoms with van der Waals surface area (Å²) in [5.41, 5.74) is 0. The number of hydrogen-bond acceptors (Lipinski definition) is 13. The van der Waals surface area contributed by atoms with Crippen molar-refractivity contribution >= 4 is 5.91 Å². The number of carbonyl (C=O) groups excluding carboxylic acids is 1. The average molecular weight is 1120 g/mol. The van der Waals surface area contributed by atoms with E-state index in [0.717, 1.165) is 103 Å². The molecule has 9 N–H and O–H groups in total. The molecule has 2 heterocycles. The number of nitrogens with one attached hydrogen (secondary N) is 1. The van der Waals surface area contributed by atoms with Crippen molar-refractivity contribution in [1.29, 1.82) is 0 Å². The Kier molecular flexibility index (Phi) is 44.1. The maximum atomic E-state index is 13.2. The Morgan fingerprint density at radius 2 is 0.863 bits per heavy atom. The van der Waals surface area contributed by atoms with Crippen molar-refractivity contribution in [3.8, 4) is 0 Å². The van der Waals surface area contributed by atoms with Crippen LogP contribution in [0.4, 0.5) is 0 Å². The van der Waals surface area contributed by atoms with Crippen LogP contribution in [0.25, 0.3) is 0 Å². The van der Waals surface area contributed by atoms with Gasteiger partial charge in [0.1, 0.15) is 48.8 Å². The number of unbranched alkanes of at least 4 members (excludes halogenated alkanes) is 7. The zero-order valence-electron chi connectivity index (χ0n) is 48.2. The second-order valence-electron chi connectivity index (χ2n) is 20.0. The quantitative estimate of drug-likeness (QED) is 0.0205. The Morgan fingerprint density at radius 3 is 1.32 bits per heavy atom. The Balaban J connectivity index is 1.75. The SMILES string of the molecule is CC/C=C\C/C=C\C/C=C\C/C=C\C/C=C\C/C=C\C/C=C\C/C=C\C/C=C\C/C=C\CCCCC(=O)NC(COC1OC(CO)C(OC2OC(CO)C(O)C(O)C2O)C(O)C1O)C(O)/C=C/CC/C=C/CC/C=C/CCCCC. The van der Waals surface area contributed by atoms with Gasteiger partial charge in [-0.05, 0) is 122 Å². The molecule has 12 atom stereocenters. The normalized spacial score (nSPS) is 25.4. The van der Waals surface area contributed by atoms with Crippen LogP contribution in [-0.4, -0.2) is 140 Å². The van der Waals surface area contributed by atoms with Crippen LogP contribution in [0, 0.1) is 0 Å². The lowest BCUT2D eigenvalue weighted by molar-refractivity contribution is -0.359. The van der Waals surface area contributed by atoms with Crippen molar-refractivity contribution in [1.82, 2.24) is 5.32 Å². The standard InChI is InChI=1S/C66H103NO13/c1-3-5-7-9-11-13-15-17-18-19-20-21-22-23-24-25-26-27-28-29-30-31-32-33-34-35-36-38-40-42-44-46-48-50-58(71)67-54(55(70)49-47-45-43-41-39-37-16-14-12-10-8-6-4-2)53-77-65-63(76)61(74)64(57(52-69)79-65)80-66-62(75)60(73)59(72)56(51-68)78-66/h5,7,11-14,17-18,20-21,23-24,26-27,29-30,32-33,35-36,39-42,47,49,54-57,59-66,68-70,72-76H,3-4,6,8-10,15-16,19,22,25,28,31,34,37-38,43-46,48,50-53H2,1-2H3,(H,67,71)/b7-5-,13-11-,14-12+,18-17-,21-20-,24-23-,27-26-,30-29-,33-32-,36-35-,41-39+,42-40-,49-47+. The van der Waals surface area contributed by atoms with Crippen LogP contribution < -0.4 is 5.32 Å². The molecule has 2 saturated heterocycles. The zero-order chi connectivity index (χ0) is 58.1. The van der Waals surface area contributed by atoms with E-state index in [1.54, 1.807) is 6.08 Å². The minimum atomic E-state index is -1.81. The zero-order valence-corrected chi connectivity index (χ0v) is 48.2. The van der Waals surface area contributed by atoms with Gasteiger partial charge >= 0.3 is 0 Å². The fourth-order valence-corrected chi connectivity index (χ4v) is 8.41. The second-order valence-corrected chi connectivity index (χ2v) is 20.0. The Labute approximate surface area is 480 Å². The number of hydrogen-bond donors (Lipinski definition) is 9. The molecule has 12 unspecified atom stereocenters. The molecule has 0 spiro atoms. The van der Waals surface area contributed by atoms with Gasteiger partial charge in [0.25, 0.3) is 0 Å². The third kappa shape index (κ3) is 34.1. The van der Waals surface area contributed by atoms with Crippen molar-refractivity contribution in [2.45, 2.75) is 229 Å². The highest BCUT2D eigenvalue weighted by Gasteiger charge is 2.51. The highest BCUT2D eigenvalue weighted by atomic mass is 16.7. The first-order valence-corrected chi connectivity index (χ1v) is 29.7. The van der Waals surface area contributed by atoms with Crippen LogP contribution >= 0.6 is 0 Å². The van der Waals surface area contributed by atoms with Gasteiger partial charge in [0.15, 0.2) is 12.6 Å². The van der Waals surface area contributed by atoms with Gasteiger partial charge in [0.05, 0.1) is 32.0 Å². The molecule has 0 radical (unpaired) electrons. The van der Waals surface area contributed by atoms with E-state index in [-0.39, 0.29) is 18.9 Å². The van der Waals surface area contributed by atoms with Gasteiger partial charge in [-0.1, -0.05) is 185 Å². The number of amides is 1. The van der Waals surface area contributed by atoms with Gasteiger partial charge in [0, 0.05) is 6.42 Å². The summed E-state index contributed by atoms with van der Waals surface area (Å²) in [6.45, 7) is 2.55. The fourth-order valence-electron chi connectivity index (χ4n) is 8.41. The maximum absolute atomic E-state index is 13.2. The smallest absolute Gasteiger partial charge is 0.220 e. The monoisotopic (exact) mass is 1120 g/mol. The van der Waals surface area contributed by atoms with E-state index in [1.807, 2.05) is 6.08 Å². The Hall–Kier alpha value is -4.39.